The third kappa shape index (κ3) is 3.23. The summed E-state index contributed by atoms with van der Waals surface area (Å²) in [5.41, 5.74) is 1.73. The number of methoxy groups -OCH3 is 1. The van der Waals surface area contributed by atoms with Gasteiger partial charge in [0.1, 0.15) is 6.04 Å². The van der Waals surface area contributed by atoms with Crippen molar-refractivity contribution >= 4 is 17.6 Å². The summed E-state index contributed by atoms with van der Waals surface area (Å²) < 4.78 is 4.68. The largest absolute Gasteiger partial charge is 0.478 e. The molecule has 0 aliphatic rings. The number of hydrogen-bond donors (Lipinski definition) is 2. The van der Waals surface area contributed by atoms with Gasteiger partial charge in [-0.2, -0.15) is 0 Å². The molecule has 0 saturated carbocycles. The molecule has 0 aromatic heterocycles. The number of rotatable bonds is 5. The number of ether oxygens (including phenoxy) is 1. The van der Waals surface area contributed by atoms with Crippen molar-refractivity contribution in [2.45, 2.75) is 26.3 Å². The molecule has 0 saturated heterocycles. The smallest absolute Gasteiger partial charge is 0.335 e. The molecule has 0 bridgehead atoms. The fraction of sp³-hybridized carbons (Fsp3) is 0.385. The second-order valence-corrected chi connectivity index (χ2v) is 3.96. The highest BCUT2D eigenvalue weighted by molar-refractivity contribution is 5.88. The lowest BCUT2D eigenvalue weighted by atomic mass is 10.1. The van der Waals surface area contributed by atoms with Gasteiger partial charge in [-0.05, 0) is 37.1 Å². The molecule has 18 heavy (non-hydrogen) atoms. The van der Waals surface area contributed by atoms with E-state index in [0.29, 0.717) is 6.42 Å². The monoisotopic (exact) mass is 251 g/mol. The van der Waals surface area contributed by atoms with E-state index in [-0.39, 0.29) is 11.5 Å². The van der Waals surface area contributed by atoms with E-state index < -0.39 is 12.0 Å². The first-order valence-corrected chi connectivity index (χ1v) is 5.67. The third-order valence-electron chi connectivity index (χ3n) is 2.70. The molecule has 0 spiro atoms. The molecule has 0 fully saturated rings. The summed E-state index contributed by atoms with van der Waals surface area (Å²) >= 11 is 0. The lowest BCUT2D eigenvalue weighted by Crippen LogP contribution is -2.30. The van der Waals surface area contributed by atoms with Gasteiger partial charge in [-0.3, -0.25) is 0 Å². The molecular formula is C13H17NO4. The van der Waals surface area contributed by atoms with Crippen LogP contribution in [-0.4, -0.2) is 30.2 Å². The Labute approximate surface area is 106 Å². The fourth-order valence-corrected chi connectivity index (χ4v) is 1.62. The highest BCUT2D eigenvalue weighted by Crippen LogP contribution is 2.18. The van der Waals surface area contributed by atoms with E-state index in [4.69, 9.17) is 5.11 Å². The Balaban J connectivity index is 2.90. The molecule has 98 valence electrons. The van der Waals surface area contributed by atoms with Crippen LogP contribution in [-0.2, 0) is 9.53 Å². The Bertz CT molecular complexity index is 456. The molecule has 0 heterocycles. The normalized spacial score (nSPS) is 11.7. The highest BCUT2D eigenvalue weighted by Gasteiger charge is 2.17. The summed E-state index contributed by atoms with van der Waals surface area (Å²) in [6.45, 7) is 3.66. The maximum atomic E-state index is 11.5. The topological polar surface area (TPSA) is 75.6 Å². The Morgan fingerprint density at radius 1 is 1.44 bits per heavy atom. The molecule has 5 nitrogen and oxygen atoms in total. The van der Waals surface area contributed by atoms with E-state index in [1.807, 2.05) is 6.92 Å². The molecule has 1 aromatic carbocycles. The molecule has 1 unspecified atom stereocenters. The van der Waals surface area contributed by atoms with Crippen molar-refractivity contribution in [1.82, 2.24) is 0 Å². The van der Waals surface area contributed by atoms with Crippen molar-refractivity contribution in [2.75, 3.05) is 12.4 Å². The molecular weight excluding hydrogens is 234 g/mol. The highest BCUT2D eigenvalue weighted by atomic mass is 16.5. The number of carbonyl (C=O) groups is 2. The average molecular weight is 251 g/mol. The molecule has 0 radical (unpaired) electrons. The zero-order chi connectivity index (χ0) is 13.7. The van der Waals surface area contributed by atoms with Gasteiger partial charge >= 0.3 is 11.9 Å². The van der Waals surface area contributed by atoms with Crippen LogP contribution in [0.2, 0.25) is 0 Å². The maximum Gasteiger partial charge on any atom is 0.335 e. The Kier molecular flexibility index (Phi) is 4.71. The Hall–Kier alpha value is -2.04. The van der Waals surface area contributed by atoms with Crippen molar-refractivity contribution in [3.63, 3.8) is 0 Å². The van der Waals surface area contributed by atoms with Gasteiger partial charge in [0.15, 0.2) is 0 Å². The zero-order valence-corrected chi connectivity index (χ0v) is 10.7. The molecule has 0 amide bonds. The van der Waals surface area contributed by atoms with Crippen LogP contribution in [0.15, 0.2) is 18.2 Å². The number of benzene rings is 1. The first-order chi connectivity index (χ1) is 8.49. The van der Waals surface area contributed by atoms with E-state index >= 15 is 0 Å². The second kappa shape index (κ2) is 6.05. The number of carboxylic acid groups (broad SMARTS) is 1. The summed E-state index contributed by atoms with van der Waals surface area (Å²) in [4.78, 5) is 22.3. The summed E-state index contributed by atoms with van der Waals surface area (Å²) in [6, 6.07) is 4.30. The number of esters is 1. The summed E-state index contributed by atoms with van der Waals surface area (Å²) in [7, 11) is 1.34. The first kappa shape index (κ1) is 14.0. The second-order valence-electron chi connectivity index (χ2n) is 3.96. The lowest BCUT2D eigenvalue weighted by molar-refractivity contribution is -0.141. The Morgan fingerprint density at radius 3 is 2.56 bits per heavy atom. The molecule has 2 N–H and O–H groups in total. The van der Waals surface area contributed by atoms with Gasteiger partial charge < -0.3 is 15.2 Å². The summed E-state index contributed by atoms with van der Waals surface area (Å²) in [5, 5.41) is 11.9. The predicted molar refractivity (Wildman–Crippen MR) is 67.9 cm³/mol. The van der Waals surface area contributed by atoms with E-state index in [9.17, 15) is 9.59 Å². The van der Waals surface area contributed by atoms with Crippen molar-refractivity contribution in [3.05, 3.63) is 29.3 Å². The van der Waals surface area contributed by atoms with Gasteiger partial charge in [-0.1, -0.05) is 6.92 Å². The molecule has 0 aliphatic carbocycles. The first-order valence-electron chi connectivity index (χ1n) is 5.67. The van der Waals surface area contributed by atoms with Crippen LogP contribution in [0.25, 0.3) is 0 Å². The third-order valence-corrected chi connectivity index (χ3v) is 2.70. The van der Waals surface area contributed by atoms with Gasteiger partial charge in [-0.25, -0.2) is 9.59 Å². The predicted octanol–water partition coefficient (Wildman–Crippen LogP) is 2.06. The number of aryl methyl sites for hydroxylation is 1. The van der Waals surface area contributed by atoms with Gasteiger partial charge in [0.25, 0.3) is 0 Å². The average Bonchev–Trinajstić information content (AvgIpc) is 2.36. The van der Waals surface area contributed by atoms with E-state index in [1.54, 1.807) is 19.1 Å². The summed E-state index contributed by atoms with van der Waals surface area (Å²) in [5.74, 6) is -1.30. The van der Waals surface area contributed by atoms with Crippen molar-refractivity contribution in [3.8, 4) is 0 Å². The van der Waals surface area contributed by atoms with Crippen LogP contribution >= 0.6 is 0 Å². The Morgan fingerprint density at radius 2 is 2.11 bits per heavy atom. The van der Waals surface area contributed by atoms with E-state index in [1.165, 1.54) is 13.2 Å². The van der Waals surface area contributed by atoms with Gasteiger partial charge in [0.05, 0.1) is 12.7 Å². The van der Waals surface area contributed by atoms with Crippen LogP contribution in [0.4, 0.5) is 5.69 Å². The minimum Gasteiger partial charge on any atom is -0.478 e. The number of hydrogen-bond acceptors (Lipinski definition) is 4. The lowest BCUT2D eigenvalue weighted by Gasteiger charge is -2.17. The minimum absolute atomic E-state index is 0.226. The number of anilines is 1. The molecule has 1 atom stereocenters. The van der Waals surface area contributed by atoms with Gasteiger partial charge in [-0.15, -0.1) is 0 Å². The van der Waals surface area contributed by atoms with Crippen LogP contribution in [0, 0.1) is 6.92 Å². The molecule has 1 rings (SSSR count). The number of carbonyl (C=O) groups excluding carboxylic acids is 1. The molecule has 5 heteroatoms. The maximum absolute atomic E-state index is 11.5. The van der Waals surface area contributed by atoms with Crippen LogP contribution in [0.1, 0.15) is 29.3 Å². The van der Waals surface area contributed by atoms with Crippen LogP contribution in [0.3, 0.4) is 0 Å². The standard InChI is InChI=1S/C13H17NO4/c1-4-10(13(17)18-3)14-11-6-5-9(12(15)16)7-8(11)2/h5-7,10,14H,4H2,1-3H3,(H,15,16). The number of aromatic carboxylic acids is 1. The van der Waals surface area contributed by atoms with Gasteiger partial charge in [0, 0.05) is 5.69 Å². The van der Waals surface area contributed by atoms with Crippen molar-refractivity contribution < 1.29 is 19.4 Å². The minimum atomic E-state index is -0.968. The summed E-state index contributed by atoms with van der Waals surface area (Å²) in [6.07, 6.45) is 0.590. The van der Waals surface area contributed by atoms with Gasteiger partial charge in [0.2, 0.25) is 0 Å². The number of carboxylic acids is 1. The van der Waals surface area contributed by atoms with Crippen LogP contribution in [0.5, 0.6) is 0 Å². The molecule has 0 aliphatic heterocycles. The quantitative estimate of drug-likeness (QED) is 0.783. The van der Waals surface area contributed by atoms with Crippen molar-refractivity contribution in [2.24, 2.45) is 0 Å². The van der Waals surface area contributed by atoms with E-state index in [0.717, 1.165) is 11.3 Å². The number of nitrogens with one attached hydrogen (secondary N) is 1. The molecule has 1 aromatic rings. The zero-order valence-electron chi connectivity index (χ0n) is 10.7. The fourth-order valence-electron chi connectivity index (χ4n) is 1.62. The van der Waals surface area contributed by atoms with Crippen LogP contribution < -0.4 is 5.32 Å². The SMILES string of the molecule is CCC(Nc1ccc(C(=O)O)cc1C)C(=O)OC. The van der Waals surface area contributed by atoms with Crippen molar-refractivity contribution in [1.29, 1.82) is 0 Å². The van der Waals surface area contributed by atoms with E-state index in [2.05, 4.69) is 10.1 Å².